The van der Waals surface area contributed by atoms with Gasteiger partial charge in [-0.3, -0.25) is 9.78 Å². The number of alkyl halides is 3. The molecule has 0 saturated heterocycles. The number of aromatic nitrogens is 4. The number of carbonyl (C=O) groups excluding carboxylic acids is 1. The fourth-order valence-corrected chi connectivity index (χ4v) is 3.21. The van der Waals surface area contributed by atoms with Crippen LogP contribution in [-0.4, -0.2) is 32.1 Å². The highest BCUT2D eigenvalue weighted by atomic mass is 19.4. The van der Waals surface area contributed by atoms with Crippen LogP contribution < -0.4 is 5.43 Å². The monoisotopic (exact) mass is 438 g/mol. The summed E-state index contributed by atoms with van der Waals surface area (Å²) in [6.07, 6.45) is -1.80. The number of hydrogen-bond acceptors (Lipinski definition) is 5. The Hall–Kier alpha value is -4.08. The third-order valence-electron chi connectivity index (χ3n) is 4.85. The van der Waals surface area contributed by atoms with Gasteiger partial charge >= 0.3 is 6.18 Å². The molecule has 0 saturated carbocycles. The SMILES string of the molecule is Cc1ccc(/C=N/NC(=O)c2nnn(-c3ccnc4c(C(F)(F)F)cccc34)c2C)cc1. The third-order valence-corrected chi connectivity index (χ3v) is 4.85. The van der Waals surface area contributed by atoms with Crippen molar-refractivity contribution in [3.63, 3.8) is 0 Å². The number of aryl methyl sites for hydroxylation is 1. The predicted molar refractivity (Wildman–Crippen MR) is 113 cm³/mol. The van der Waals surface area contributed by atoms with E-state index in [2.05, 4.69) is 25.8 Å². The summed E-state index contributed by atoms with van der Waals surface area (Å²) in [6.45, 7) is 3.56. The molecule has 10 heteroatoms. The van der Waals surface area contributed by atoms with Crippen molar-refractivity contribution in [2.75, 3.05) is 0 Å². The van der Waals surface area contributed by atoms with Gasteiger partial charge in [-0.25, -0.2) is 10.1 Å². The average molecular weight is 438 g/mol. The fraction of sp³-hybridized carbons (Fsp3) is 0.136. The number of nitrogens with zero attached hydrogens (tertiary/aromatic N) is 5. The lowest BCUT2D eigenvalue weighted by Gasteiger charge is -2.12. The van der Waals surface area contributed by atoms with Gasteiger partial charge in [0.15, 0.2) is 5.69 Å². The first-order chi connectivity index (χ1) is 15.3. The smallest absolute Gasteiger partial charge is 0.265 e. The number of carbonyl (C=O) groups is 1. The van der Waals surface area contributed by atoms with Crippen molar-refractivity contribution in [2.24, 2.45) is 5.10 Å². The van der Waals surface area contributed by atoms with Gasteiger partial charge in [0.2, 0.25) is 0 Å². The molecule has 2 heterocycles. The quantitative estimate of drug-likeness (QED) is 0.382. The van der Waals surface area contributed by atoms with E-state index in [0.29, 0.717) is 11.4 Å². The molecule has 0 aliphatic carbocycles. The van der Waals surface area contributed by atoms with E-state index in [1.165, 1.54) is 35.3 Å². The van der Waals surface area contributed by atoms with Crippen LogP contribution in [0.1, 0.15) is 32.9 Å². The molecule has 0 aliphatic heterocycles. The lowest BCUT2D eigenvalue weighted by atomic mass is 10.1. The van der Waals surface area contributed by atoms with Crippen LogP contribution in [0.2, 0.25) is 0 Å². The first-order valence-electron chi connectivity index (χ1n) is 9.53. The highest BCUT2D eigenvalue weighted by molar-refractivity contribution is 5.95. The molecule has 7 nitrogen and oxygen atoms in total. The van der Waals surface area contributed by atoms with Crippen LogP contribution >= 0.6 is 0 Å². The molecule has 4 aromatic rings. The molecule has 0 radical (unpaired) electrons. The predicted octanol–water partition coefficient (Wildman–Crippen LogP) is 4.22. The summed E-state index contributed by atoms with van der Waals surface area (Å²) in [6, 6.07) is 12.9. The summed E-state index contributed by atoms with van der Waals surface area (Å²) in [7, 11) is 0. The van der Waals surface area contributed by atoms with Gasteiger partial charge in [-0.15, -0.1) is 5.10 Å². The number of amides is 1. The minimum atomic E-state index is -4.55. The van der Waals surface area contributed by atoms with Gasteiger partial charge in [0, 0.05) is 11.6 Å². The number of halogens is 3. The Labute approximate surface area is 180 Å². The Morgan fingerprint density at radius 2 is 1.84 bits per heavy atom. The molecule has 1 N–H and O–H groups in total. The normalized spacial score (nSPS) is 11.9. The Balaban J connectivity index is 1.64. The standard InChI is InChI=1S/C22H17F3N6O/c1-13-6-8-15(9-7-13)12-27-29-21(32)19-14(2)31(30-28-19)18-10-11-26-20-16(18)4-3-5-17(20)22(23,24)25/h3-12H,1-2H3,(H,29,32)/b27-12+. The molecular weight excluding hydrogens is 421 g/mol. The molecule has 4 rings (SSSR count). The molecule has 0 bridgehead atoms. The highest BCUT2D eigenvalue weighted by Crippen LogP contribution is 2.35. The zero-order valence-corrected chi connectivity index (χ0v) is 17.1. The second-order valence-electron chi connectivity index (χ2n) is 7.07. The molecule has 0 unspecified atom stereocenters. The largest absolute Gasteiger partial charge is 0.418 e. The van der Waals surface area contributed by atoms with Crippen LogP contribution in [0.5, 0.6) is 0 Å². The van der Waals surface area contributed by atoms with E-state index in [4.69, 9.17) is 0 Å². The summed E-state index contributed by atoms with van der Waals surface area (Å²) >= 11 is 0. The summed E-state index contributed by atoms with van der Waals surface area (Å²) in [5, 5.41) is 12.0. The van der Waals surface area contributed by atoms with E-state index < -0.39 is 17.6 Å². The lowest BCUT2D eigenvalue weighted by Crippen LogP contribution is -2.19. The molecule has 0 fully saturated rings. The van der Waals surface area contributed by atoms with Crippen molar-refractivity contribution in [2.45, 2.75) is 20.0 Å². The zero-order chi connectivity index (χ0) is 22.9. The van der Waals surface area contributed by atoms with Crippen LogP contribution in [-0.2, 0) is 6.18 Å². The maximum Gasteiger partial charge on any atom is 0.418 e. The molecule has 0 atom stereocenters. The molecular formula is C22H17F3N6O. The van der Waals surface area contributed by atoms with E-state index >= 15 is 0 Å². The fourth-order valence-electron chi connectivity index (χ4n) is 3.21. The second-order valence-corrected chi connectivity index (χ2v) is 7.07. The van der Waals surface area contributed by atoms with Gasteiger partial charge in [-0.2, -0.15) is 18.3 Å². The van der Waals surface area contributed by atoms with E-state index in [1.54, 1.807) is 6.92 Å². The van der Waals surface area contributed by atoms with Crippen LogP contribution in [0.25, 0.3) is 16.6 Å². The molecule has 1 amide bonds. The van der Waals surface area contributed by atoms with E-state index in [9.17, 15) is 18.0 Å². The maximum absolute atomic E-state index is 13.4. The van der Waals surface area contributed by atoms with Crippen molar-refractivity contribution < 1.29 is 18.0 Å². The number of pyridine rings is 1. The Morgan fingerprint density at radius 3 is 2.56 bits per heavy atom. The summed E-state index contributed by atoms with van der Waals surface area (Å²) in [5.41, 5.74) is 3.91. The van der Waals surface area contributed by atoms with Gasteiger partial charge in [-0.1, -0.05) is 47.2 Å². The number of rotatable bonds is 4. The van der Waals surface area contributed by atoms with Crippen molar-refractivity contribution in [3.05, 3.63) is 82.8 Å². The topological polar surface area (TPSA) is 85.1 Å². The van der Waals surface area contributed by atoms with E-state index in [-0.39, 0.29) is 16.6 Å². The Bertz CT molecular complexity index is 1330. The van der Waals surface area contributed by atoms with Crippen molar-refractivity contribution in [3.8, 4) is 5.69 Å². The van der Waals surface area contributed by atoms with Crippen LogP contribution in [0.4, 0.5) is 13.2 Å². The maximum atomic E-state index is 13.4. The number of nitrogens with one attached hydrogen (secondary N) is 1. The molecule has 162 valence electrons. The van der Waals surface area contributed by atoms with Gasteiger partial charge in [0.1, 0.15) is 0 Å². The molecule has 32 heavy (non-hydrogen) atoms. The highest BCUT2D eigenvalue weighted by Gasteiger charge is 2.33. The van der Waals surface area contributed by atoms with E-state index in [1.807, 2.05) is 31.2 Å². The molecule has 2 aromatic heterocycles. The Morgan fingerprint density at radius 1 is 1.09 bits per heavy atom. The van der Waals surface area contributed by atoms with Gasteiger partial charge in [0.25, 0.3) is 5.91 Å². The number of hydrogen-bond donors (Lipinski definition) is 1. The average Bonchev–Trinajstić information content (AvgIpc) is 3.14. The van der Waals surface area contributed by atoms with E-state index in [0.717, 1.165) is 17.2 Å². The van der Waals surface area contributed by atoms with Crippen LogP contribution in [0.3, 0.4) is 0 Å². The summed E-state index contributed by atoms with van der Waals surface area (Å²) in [4.78, 5) is 16.4. The number of para-hydroxylation sites is 1. The Kier molecular flexibility index (Phi) is 5.43. The lowest BCUT2D eigenvalue weighted by molar-refractivity contribution is -0.136. The first-order valence-corrected chi connectivity index (χ1v) is 9.53. The number of hydrazone groups is 1. The summed E-state index contributed by atoms with van der Waals surface area (Å²) < 4.78 is 41.4. The van der Waals surface area contributed by atoms with Gasteiger partial charge < -0.3 is 0 Å². The molecule has 0 aliphatic rings. The zero-order valence-electron chi connectivity index (χ0n) is 17.1. The van der Waals surface area contributed by atoms with Crippen molar-refractivity contribution >= 4 is 23.0 Å². The molecule has 2 aromatic carbocycles. The minimum absolute atomic E-state index is 0.00277. The second kappa shape index (κ2) is 8.22. The van der Waals surface area contributed by atoms with Crippen molar-refractivity contribution in [1.29, 1.82) is 0 Å². The third kappa shape index (κ3) is 4.07. The van der Waals surface area contributed by atoms with Gasteiger partial charge in [0.05, 0.1) is 28.7 Å². The van der Waals surface area contributed by atoms with Gasteiger partial charge in [-0.05, 0) is 31.5 Å². The van der Waals surface area contributed by atoms with Crippen LogP contribution in [0, 0.1) is 13.8 Å². The van der Waals surface area contributed by atoms with Crippen LogP contribution in [0.15, 0.2) is 59.8 Å². The molecule has 0 spiro atoms. The first kappa shape index (κ1) is 21.2. The minimum Gasteiger partial charge on any atom is -0.265 e. The number of fused-ring (bicyclic) bond motifs is 1. The number of benzene rings is 2. The van der Waals surface area contributed by atoms with Crippen molar-refractivity contribution in [1.82, 2.24) is 25.4 Å². The summed E-state index contributed by atoms with van der Waals surface area (Å²) in [5.74, 6) is -0.591.